The maximum absolute atomic E-state index is 13.0. The molecule has 0 aliphatic heterocycles. The molecule has 166 valence electrons. The van der Waals surface area contributed by atoms with Crippen molar-refractivity contribution >= 4 is 5.91 Å². The van der Waals surface area contributed by atoms with E-state index in [0.29, 0.717) is 12.2 Å². The highest BCUT2D eigenvalue weighted by Crippen LogP contribution is 2.40. The zero-order chi connectivity index (χ0) is 23.2. The number of carbonyl (C=O) groups is 1. The number of benzene rings is 4. The number of imidazole rings is 1. The average molecular weight is 444 g/mol. The minimum absolute atomic E-state index is 0.203. The molecule has 0 saturated heterocycles. The lowest BCUT2D eigenvalue weighted by Crippen LogP contribution is -2.37. The minimum atomic E-state index is -0.686. The molecule has 1 amide bonds. The van der Waals surface area contributed by atoms with E-state index < -0.39 is 5.54 Å². The average Bonchev–Trinajstić information content (AvgIpc) is 3.41. The SMILES string of the molecule is O=C(NCc1ccccc1)c1cn(C(c2ccccc2)(c2ccccc2)c2ccccc2)cn1. The largest absolute Gasteiger partial charge is 0.347 e. The Morgan fingerprint density at radius 1 is 0.676 bits per heavy atom. The van der Waals surface area contributed by atoms with Crippen LogP contribution in [0.1, 0.15) is 32.7 Å². The van der Waals surface area contributed by atoms with Crippen LogP contribution in [0.2, 0.25) is 0 Å². The van der Waals surface area contributed by atoms with Crippen molar-refractivity contribution in [1.82, 2.24) is 14.9 Å². The van der Waals surface area contributed by atoms with Gasteiger partial charge in [-0.25, -0.2) is 4.98 Å². The first-order valence-corrected chi connectivity index (χ1v) is 11.3. The number of aromatic nitrogens is 2. The molecule has 0 aliphatic carbocycles. The first kappa shape index (κ1) is 21.4. The molecule has 5 rings (SSSR count). The topological polar surface area (TPSA) is 46.9 Å². The third kappa shape index (κ3) is 4.02. The predicted molar refractivity (Wildman–Crippen MR) is 134 cm³/mol. The van der Waals surface area contributed by atoms with Crippen molar-refractivity contribution < 1.29 is 4.79 Å². The monoisotopic (exact) mass is 443 g/mol. The van der Waals surface area contributed by atoms with Gasteiger partial charge in [0.05, 0.1) is 6.33 Å². The van der Waals surface area contributed by atoms with Crippen LogP contribution >= 0.6 is 0 Å². The molecule has 0 bridgehead atoms. The number of carbonyl (C=O) groups excluding carboxylic acids is 1. The second-order valence-corrected chi connectivity index (χ2v) is 8.14. The molecule has 34 heavy (non-hydrogen) atoms. The van der Waals surface area contributed by atoms with Gasteiger partial charge in [0.15, 0.2) is 0 Å². The quantitative estimate of drug-likeness (QED) is 0.330. The van der Waals surface area contributed by atoms with Gasteiger partial charge in [0.25, 0.3) is 5.91 Å². The van der Waals surface area contributed by atoms with Gasteiger partial charge in [-0.15, -0.1) is 0 Å². The highest BCUT2D eigenvalue weighted by Gasteiger charge is 2.38. The van der Waals surface area contributed by atoms with E-state index in [9.17, 15) is 4.79 Å². The molecule has 1 heterocycles. The van der Waals surface area contributed by atoms with E-state index in [1.807, 2.05) is 95.7 Å². The van der Waals surface area contributed by atoms with Gasteiger partial charge in [0.1, 0.15) is 11.2 Å². The Labute approximate surface area is 199 Å². The molecule has 0 saturated carbocycles. The van der Waals surface area contributed by atoms with Crippen molar-refractivity contribution in [2.24, 2.45) is 0 Å². The molecule has 1 N–H and O–H groups in total. The zero-order valence-electron chi connectivity index (χ0n) is 18.7. The third-order valence-electron chi connectivity index (χ3n) is 6.07. The van der Waals surface area contributed by atoms with Crippen molar-refractivity contribution in [2.75, 3.05) is 0 Å². The minimum Gasteiger partial charge on any atom is -0.347 e. The number of rotatable bonds is 7. The van der Waals surface area contributed by atoms with E-state index in [4.69, 9.17) is 0 Å². The number of hydrogen-bond donors (Lipinski definition) is 1. The molecule has 0 fully saturated rings. The molecule has 4 heteroatoms. The van der Waals surface area contributed by atoms with Gasteiger partial charge >= 0.3 is 0 Å². The summed E-state index contributed by atoms with van der Waals surface area (Å²) >= 11 is 0. The van der Waals surface area contributed by atoms with Gasteiger partial charge in [-0.2, -0.15) is 0 Å². The standard InChI is InChI=1S/C30H25N3O/c34-29(31-21-24-13-5-1-6-14-24)28-22-33(23-32-28)30(25-15-7-2-8-16-25,26-17-9-3-10-18-26)27-19-11-4-12-20-27/h1-20,22-23H,21H2,(H,31,34). The Morgan fingerprint density at radius 3 is 1.59 bits per heavy atom. The van der Waals surface area contributed by atoms with E-state index in [1.165, 1.54) is 0 Å². The zero-order valence-corrected chi connectivity index (χ0v) is 18.7. The summed E-state index contributed by atoms with van der Waals surface area (Å²) in [5, 5.41) is 2.98. The molecule has 5 aromatic rings. The lowest BCUT2D eigenvalue weighted by atomic mass is 9.77. The number of nitrogens with zero attached hydrogens (tertiary/aromatic N) is 2. The van der Waals surface area contributed by atoms with Crippen LogP contribution in [0.15, 0.2) is 134 Å². The van der Waals surface area contributed by atoms with Gasteiger partial charge in [0.2, 0.25) is 0 Å². The molecule has 4 aromatic carbocycles. The van der Waals surface area contributed by atoms with Crippen LogP contribution in [0, 0.1) is 0 Å². The van der Waals surface area contributed by atoms with Gasteiger partial charge in [-0.3, -0.25) is 4.79 Å². The van der Waals surface area contributed by atoms with Crippen LogP contribution in [0.5, 0.6) is 0 Å². The molecule has 4 nitrogen and oxygen atoms in total. The molecule has 0 aliphatic rings. The lowest BCUT2D eigenvalue weighted by Gasteiger charge is -2.37. The Balaban J connectivity index is 1.61. The maximum atomic E-state index is 13.0. The summed E-state index contributed by atoms with van der Waals surface area (Å²) in [6, 6.07) is 40.9. The van der Waals surface area contributed by atoms with Crippen LogP contribution in [-0.4, -0.2) is 15.5 Å². The highest BCUT2D eigenvalue weighted by molar-refractivity contribution is 5.92. The van der Waals surface area contributed by atoms with Crippen molar-refractivity contribution in [3.05, 3.63) is 162 Å². The van der Waals surface area contributed by atoms with Crippen LogP contribution in [-0.2, 0) is 12.1 Å². The molecule has 0 atom stereocenters. The third-order valence-corrected chi connectivity index (χ3v) is 6.07. The molecule has 0 spiro atoms. The second-order valence-electron chi connectivity index (χ2n) is 8.14. The summed E-state index contributed by atoms with van der Waals surface area (Å²) in [4.78, 5) is 17.5. The van der Waals surface area contributed by atoms with Crippen LogP contribution in [0.25, 0.3) is 0 Å². The lowest BCUT2D eigenvalue weighted by molar-refractivity contribution is 0.0946. The normalized spacial score (nSPS) is 11.2. The Morgan fingerprint density at radius 2 is 1.12 bits per heavy atom. The number of nitrogens with one attached hydrogen (secondary N) is 1. The molecular formula is C30H25N3O. The molecule has 0 radical (unpaired) electrons. The van der Waals surface area contributed by atoms with E-state index >= 15 is 0 Å². The van der Waals surface area contributed by atoms with Gasteiger partial charge in [-0.05, 0) is 22.3 Å². The number of hydrogen-bond acceptors (Lipinski definition) is 2. The van der Waals surface area contributed by atoms with Gasteiger partial charge in [-0.1, -0.05) is 121 Å². The van der Waals surface area contributed by atoms with E-state index in [-0.39, 0.29) is 5.91 Å². The first-order valence-electron chi connectivity index (χ1n) is 11.3. The fourth-order valence-electron chi connectivity index (χ4n) is 4.48. The maximum Gasteiger partial charge on any atom is 0.271 e. The van der Waals surface area contributed by atoms with Gasteiger partial charge in [0, 0.05) is 12.7 Å². The van der Waals surface area contributed by atoms with E-state index in [1.54, 1.807) is 6.33 Å². The van der Waals surface area contributed by atoms with E-state index in [2.05, 4.69) is 46.7 Å². The van der Waals surface area contributed by atoms with Crippen molar-refractivity contribution in [2.45, 2.75) is 12.1 Å². The summed E-state index contributed by atoms with van der Waals surface area (Å²) in [6.07, 6.45) is 3.59. The summed E-state index contributed by atoms with van der Waals surface area (Å²) in [5.41, 5.74) is 3.99. The van der Waals surface area contributed by atoms with Crippen LogP contribution < -0.4 is 5.32 Å². The van der Waals surface area contributed by atoms with Crippen LogP contribution in [0.4, 0.5) is 0 Å². The summed E-state index contributed by atoms with van der Waals surface area (Å²) < 4.78 is 2.05. The Hall–Kier alpha value is -4.44. The fourth-order valence-corrected chi connectivity index (χ4v) is 4.48. The van der Waals surface area contributed by atoms with Crippen LogP contribution in [0.3, 0.4) is 0 Å². The summed E-state index contributed by atoms with van der Waals surface area (Å²) in [7, 11) is 0. The predicted octanol–water partition coefficient (Wildman–Crippen LogP) is 5.65. The Kier molecular flexibility index (Phi) is 6.04. The highest BCUT2D eigenvalue weighted by atomic mass is 16.1. The molecule has 0 unspecified atom stereocenters. The van der Waals surface area contributed by atoms with Crippen molar-refractivity contribution in [1.29, 1.82) is 0 Å². The number of amides is 1. The fraction of sp³-hybridized carbons (Fsp3) is 0.0667. The van der Waals surface area contributed by atoms with Crippen molar-refractivity contribution in [3.63, 3.8) is 0 Å². The summed E-state index contributed by atoms with van der Waals surface area (Å²) in [6.45, 7) is 0.452. The van der Waals surface area contributed by atoms with Crippen molar-refractivity contribution in [3.8, 4) is 0 Å². The molecular weight excluding hydrogens is 418 g/mol. The second kappa shape index (κ2) is 9.59. The smallest absolute Gasteiger partial charge is 0.271 e. The first-order chi connectivity index (χ1) is 16.8. The Bertz CT molecular complexity index is 1250. The molecule has 1 aromatic heterocycles. The van der Waals surface area contributed by atoms with Gasteiger partial charge < -0.3 is 9.88 Å². The van der Waals surface area contributed by atoms with E-state index in [0.717, 1.165) is 22.3 Å². The summed E-state index contributed by atoms with van der Waals surface area (Å²) in [5.74, 6) is -0.203.